The lowest BCUT2D eigenvalue weighted by atomic mass is 10.0. The number of imidazole rings is 1. The summed E-state index contributed by atoms with van der Waals surface area (Å²) in [6, 6.07) is 13.8. The summed E-state index contributed by atoms with van der Waals surface area (Å²) in [5.74, 6) is 1.71. The van der Waals surface area contributed by atoms with Crippen LogP contribution in [0.4, 0.5) is 0 Å². The fourth-order valence-electron chi connectivity index (χ4n) is 3.44. The SMILES string of the molecule is COc1ccc2c(c1)CCN(C(=O)c1cccc(-c3ncc[nH]3)c1)CC2. The van der Waals surface area contributed by atoms with Crippen molar-refractivity contribution in [2.75, 3.05) is 20.2 Å². The molecule has 3 aromatic rings. The number of nitrogens with zero attached hydrogens (tertiary/aromatic N) is 2. The van der Waals surface area contributed by atoms with Crippen LogP contribution in [0.15, 0.2) is 54.9 Å². The molecule has 0 saturated carbocycles. The number of carbonyl (C=O) groups excluding carboxylic acids is 1. The minimum Gasteiger partial charge on any atom is -0.497 e. The van der Waals surface area contributed by atoms with E-state index in [0.29, 0.717) is 12.1 Å². The third kappa shape index (κ3) is 3.20. The van der Waals surface area contributed by atoms with Gasteiger partial charge >= 0.3 is 0 Å². The van der Waals surface area contributed by atoms with Gasteiger partial charge in [-0.05, 0) is 48.2 Å². The van der Waals surface area contributed by atoms with Crippen LogP contribution >= 0.6 is 0 Å². The van der Waals surface area contributed by atoms with Crippen molar-refractivity contribution in [1.29, 1.82) is 0 Å². The molecule has 1 aromatic heterocycles. The molecule has 0 bridgehead atoms. The van der Waals surface area contributed by atoms with E-state index in [-0.39, 0.29) is 5.91 Å². The fraction of sp³-hybridized carbons (Fsp3) is 0.238. The van der Waals surface area contributed by atoms with Gasteiger partial charge in [-0.3, -0.25) is 4.79 Å². The van der Waals surface area contributed by atoms with E-state index >= 15 is 0 Å². The highest BCUT2D eigenvalue weighted by Gasteiger charge is 2.20. The molecule has 0 fully saturated rings. The highest BCUT2D eigenvalue weighted by molar-refractivity contribution is 5.95. The number of methoxy groups -OCH3 is 1. The van der Waals surface area contributed by atoms with Crippen LogP contribution in [0.2, 0.25) is 0 Å². The topological polar surface area (TPSA) is 58.2 Å². The van der Waals surface area contributed by atoms with E-state index in [9.17, 15) is 4.79 Å². The van der Waals surface area contributed by atoms with Crippen LogP contribution in [0.25, 0.3) is 11.4 Å². The first-order valence-electron chi connectivity index (χ1n) is 8.79. The van der Waals surface area contributed by atoms with Crippen LogP contribution in [0.1, 0.15) is 21.5 Å². The molecule has 0 saturated heterocycles. The maximum atomic E-state index is 13.0. The van der Waals surface area contributed by atoms with Crippen LogP contribution < -0.4 is 4.74 Å². The molecular formula is C21H21N3O2. The summed E-state index contributed by atoms with van der Waals surface area (Å²) < 4.78 is 5.32. The van der Waals surface area contributed by atoms with Crippen molar-refractivity contribution in [2.45, 2.75) is 12.8 Å². The Balaban J connectivity index is 1.53. The molecule has 4 rings (SSSR count). The molecular weight excluding hydrogens is 326 g/mol. The molecule has 1 aliphatic rings. The summed E-state index contributed by atoms with van der Waals surface area (Å²) in [5, 5.41) is 0. The molecule has 0 atom stereocenters. The average molecular weight is 347 g/mol. The zero-order chi connectivity index (χ0) is 17.9. The molecule has 2 heterocycles. The first kappa shape index (κ1) is 16.4. The fourth-order valence-corrected chi connectivity index (χ4v) is 3.44. The number of H-pyrrole nitrogens is 1. The van der Waals surface area contributed by atoms with E-state index in [1.165, 1.54) is 11.1 Å². The molecule has 1 aliphatic heterocycles. The van der Waals surface area contributed by atoms with Crippen molar-refractivity contribution in [3.8, 4) is 17.1 Å². The molecule has 132 valence electrons. The molecule has 5 heteroatoms. The standard InChI is InChI=1S/C21H21N3O2/c1-26-19-6-5-15-7-11-24(12-8-16(15)14-19)21(25)18-4-2-3-17(13-18)20-22-9-10-23-20/h2-6,9-10,13-14H,7-8,11-12H2,1H3,(H,22,23). The van der Waals surface area contributed by atoms with Gasteiger partial charge in [0.1, 0.15) is 11.6 Å². The van der Waals surface area contributed by atoms with Crippen molar-refractivity contribution in [1.82, 2.24) is 14.9 Å². The van der Waals surface area contributed by atoms with Crippen LogP contribution in [0.3, 0.4) is 0 Å². The van der Waals surface area contributed by atoms with Gasteiger partial charge in [0, 0.05) is 36.6 Å². The van der Waals surface area contributed by atoms with Gasteiger partial charge in [-0.25, -0.2) is 4.98 Å². The van der Waals surface area contributed by atoms with Crippen LogP contribution in [-0.2, 0) is 12.8 Å². The predicted octanol–water partition coefficient (Wildman–Crippen LogP) is 3.33. The van der Waals surface area contributed by atoms with Gasteiger partial charge in [0.15, 0.2) is 0 Å². The molecule has 0 spiro atoms. The maximum Gasteiger partial charge on any atom is 0.253 e. The van der Waals surface area contributed by atoms with Gasteiger partial charge in [-0.1, -0.05) is 18.2 Å². The van der Waals surface area contributed by atoms with Gasteiger partial charge < -0.3 is 14.6 Å². The Labute approximate surface area is 152 Å². The Hall–Kier alpha value is -3.08. The summed E-state index contributed by atoms with van der Waals surface area (Å²) in [4.78, 5) is 22.3. The van der Waals surface area contributed by atoms with E-state index in [0.717, 1.165) is 36.5 Å². The smallest absolute Gasteiger partial charge is 0.253 e. The highest BCUT2D eigenvalue weighted by atomic mass is 16.5. The van der Waals surface area contributed by atoms with Gasteiger partial charge in [-0.2, -0.15) is 0 Å². The molecule has 5 nitrogen and oxygen atoms in total. The van der Waals surface area contributed by atoms with Crippen LogP contribution in [-0.4, -0.2) is 41.0 Å². The Kier molecular flexibility index (Phi) is 4.44. The number of aromatic nitrogens is 2. The summed E-state index contributed by atoms with van der Waals surface area (Å²) in [5.41, 5.74) is 4.18. The molecule has 1 amide bonds. The van der Waals surface area contributed by atoms with Gasteiger partial charge in [0.05, 0.1) is 7.11 Å². The maximum absolute atomic E-state index is 13.0. The lowest BCUT2D eigenvalue weighted by Gasteiger charge is -2.20. The summed E-state index contributed by atoms with van der Waals surface area (Å²) in [7, 11) is 1.68. The van der Waals surface area contributed by atoms with E-state index in [2.05, 4.69) is 22.1 Å². The third-order valence-corrected chi connectivity index (χ3v) is 4.88. The second-order valence-electron chi connectivity index (χ2n) is 6.45. The quantitative estimate of drug-likeness (QED) is 0.791. The van der Waals surface area contributed by atoms with E-state index < -0.39 is 0 Å². The Morgan fingerprint density at radius 1 is 1.12 bits per heavy atom. The third-order valence-electron chi connectivity index (χ3n) is 4.88. The largest absolute Gasteiger partial charge is 0.497 e. The predicted molar refractivity (Wildman–Crippen MR) is 100 cm³/mol. The molecule has 0 unspecified atom stereocenters. The van der Waals surface area contributed by atoms with Crippen molar-refractivity contribution < 1.29 is 9.53 Å². The number of carbonyl (C=O) groups is 1. The molecule has 26 heavy (non-hydrogen) atoms. The zero-order valence-corrected chi connectivity index (χ0v) is 14.7. The lowest BCUT2D eigenvalue weighted by molar-refractivity contribution is 0.0763. The Morgan fingerprint density at radius 2 is 1.96 bits per heavy atom. The zero-order valence-electron chi connectivity index (χ0n) is 14.7. The monoisotopic (exact) mass is 347 g/mol. The van der Waals surface area contributed by atoms with Gasteiger partial charge in [0.2, 0.25) is 0 Å². The number of ether oxygens (including phenoxy) is 1. The van der Waals surface area contributed by atoms with E-state index in [4.69, 9.17) is 4.74 Å². The number of hydrogen-bond donors (Lipinski definition) is 1. The molecule has 0 aliphatic carbocycles. The minimum absolute atomic E-state index is 0.0678. The summed E-state index contributed by atoms with van der Waals surface area (Å²) >= 11 is 0. The molecule has 0 radical (unpaired) electrons. The Bertz CT molecular complexity index is 919. The average Bonchev–Trinajstić information content (AvgIpc) is 3.15. The summed E-state index contributed by atoms with van der Waals surface area (Å²) in [6.45, 7) is 1.44. The second kappa shape index (κ2) is 7.04. The number of fused-ring (bicyclic) bond motifs is 1. The number of rotatable bonds is 3. The van der Waals surface area contributed by atoms with Crippen molar-refractivity contribution in [3.05, 3.63) is 71.5 Å². The number of nitrogens with one attached hydrogen (secondary N) is 1. The summed E-state index contributed by atoms with van der Waals surface area (Å²) in [6.07, 6.45) is 5.20. The van der Waals surface area contributed by atoms with E-state index in [1.54, 1.807) is 19.5 Å². The van der Waals surface area contributed by atoms with Crippen LogP contribution in [0, 0.1) is 0 Å². The highest BCUT2D eigenvalue weighted by Crippen LogP contribution is 2.23. The Morgan fingerprint density at radius 3 is 2.73 bits per heavy atom. The first-order valence-corrected chi connectivity index (χ1v) is 8.79. The molecule has 2 aromatic carbocycles. The van der Waals surface area contributed by atoms with Gasteiger partial charge in [0.25, 0.3) is 5.91 Å². The van der Waals surface area contributed by atoms with Crippen LogP contribution in [0.5, 0.6) is 5.75 Å². The first-order chi connectivity index (χ1) is 12.7. The number of benzene rings is 2. The van der Waals surface area contributed by atoms with Crippen molar-refractivity contribution >= 4 is 5.91 Å². The number of hydrogen-bond acceptors (Lipinski definition) is 3. The minimum atomic E-state index is 0.0678. The number of amides is 1. The normalized spacial score (nSPS) is 13.8. The number of aromatic amines is 1. The lowest BCUT2D eigenvalue weighted by Crippen LogP contribution is -2.33. The van der Waals surface area contributed by atoms with E-state index in [1.807, 2.05) is 35.2 Å². The molecule has 1 N–H and O–H groups in total. The van der Waals surface area contributed by atoms with Crippen molar-refractivity contribution in [2.24, 2.45) is 0 Å². The second-order valence-corrected chi connectivity index (χ2v) is 6.45. The van der Waals surface area contributed by atoms with Crippen molar-refractivity contribution in [3.63, 3.8) is 0 Å². The van der Waals surface area contributed by atoms with Gasteiger partial charge in [-0.15, -0.1) is 0 Å².